The molecule has 0 aliphatic carbocycles. The second-order valence-electron chi connectivity index (χ2n) is 6.87. The zero-order valence-corrected chi connectivity index (χ0v) is 14.5. The van der Waals surface area contributed by atoms with Gasteiger partial charge in [0.25, 0.3) is 0 Å². The van der Waals surface area contributed by atoms with E-state index in [0.29, 0.717) is 17.8 Å². The van der Waals surface area contributed by atoms with Crippen molar-refractivity contribution in [3.8, 4) is 0 Å². The fraction of sp³-hybridized carbons (Fsp3) is 0.450. The van der Waals surface area contributed by atoms with Crippen LogP contribution in [0.2, 0.25) is 0 Å². The third-order valence-electron chi connectivity index (χ3n) is 5.08. The molecule has 1 heterocycles. The number of hydrogen-bond donors (Lipinski definition) is 2. The molecule has 0 saturated carbocycles. The van der Waals surface area contributed by atoms with Gasteiger partial charge in [-0.05, 0) is 55.8 Å². The predicted molar refractivity (Wildman–Crippen MR) is 96.7 cm³/mol. The Morgan fingerprint density at radius 2 is 1.92 bits per heavy atom. The number of likely N-dealkylation sites (tertiary alicyclic amines) is 1. The number of carbonyl (C=O) groups is 1. The van der Waals surface area contributed by atoms with Crippen molar-refractivity contribution in [3.63, 3.8) is 0 Å². The van der Waals surface area contributed by atoms with Crippen molar-refractivity contribution in [1.29, 1.82) is 0 Å². The summed E-state index contributed by atoms with van der Waals surface area (Å²) in [6.07, 6.45) is 1.86. The molecule has 2 aromatic rings. The maximum absolute atomic E-state index is 14.0. The summed E-state index contributed by atoms with van der Waals surface area (Å²) in [6.45, 7) is 4.20. The lowest BCUT2D eigenvalue weighted by atomic mass is 9.98. The van der Waals surface area contributed by atoms with Gasteiger partial charge in [0, 0.05) is 12.0 Å². The molecule has 1 unspecified atom stereocenters. The molecular weight excluding hydrogens is 319 g/mol. The van der Waals surface area contributed by atoms with E-state index in [1.165, 1.54) is 6.07 Å². The van der Waals surface area contributed by atoms with Gasteiger partial charge in [-0.15, -0.1) is 0 Å². The summed E-state index contributed by atoms with van der Waals surface area (Å²) in [6, 6.07) is 10.4. The Labute approximate surface area is 147 Å². The highest BCUT2D eigenvalue weighted by Gasteiger charge is 2.21. The minimum Gasteiger partial charge on any atom is -0.396 e. The van der Waals surface area contributed by atoms with Crippen LogP contribution in [-0.2, 0) is 4.79 Å². The van der Waals surface area contributed by atoms with Crippen molar-refractivity contribution < 1.29 is 14.3 Å². The summed E-state index contributed by atoms with van der Waals surface area (Å²) in [7, 11) is 0. The lowest BCUT2D eigenvalue weighted by molar-refractivity contribution is -0.123. The number of amides is 1. The first-order valence-electron chi connectivity index (χ1n) is 8.88. The number of aliphatic hydroxyl groups excluding tert-OH is 1. The Bertz CT molecular complexity index is 742. The number of fused-ring (bicyclic) bond motifs is 1. The Hall–Kier alpha value is -1.98. The number of nitrogens with one attached hydrogen (secondary N) is 1. The van der Waals surface area contributed by atoms with E-state index in [4.69, 9.17) is 0 Å². The Morgan fingerprint density at radius 3 is 2.60 bits per heavy atom. The van der Waals surface area contributed by atoms with Crippen LogP contribution in [0.1, 0.15) is 31.4 Å². The van der Waals surface area contributed by atoms with Crippen LogP contribution in [0.5, 0.6) is 0 Å². The third kappa shape index (κ3) is 4.17. The molecule has 1 amide bonds. The first kappa shape index (κ1) is 17.8. The van der Waals surface area contributed by atoms with Crippen molar-refractivity contribution in [2.75, 3.05) is 26.2 Å². The molecule has 0 spiro atoms. The van der Waals surface area contributed by atoms with Crippen molar-refractivity contribution >= 4 is 16.7 Å². The first-order chi connectivity index (χ1) is 12.1. The molecular formula is C20H25FN2O2. The zero-order chi connectivity index (χ0) is 17.8. The molecule has 4 nitrogen and oxygen atoms in total. The van der Waals surface area contributed by atoms with Crippen molar-refractivity contribution in [2.45, 2.75) is 25.8 Å². The number of carbonyl (C=O) groups excluding carboxylic acids is 1. The first-order valence-corrected chi connectivity index (χ1v) is 8.88. The normalized spacial score (nSPS) is 17.6. The Kier molecular flexibility index (Phi) is 5.66. The SMILES string of the molecule is CC(NC(=O)CN1CCC(CO)CC1)c1ccc(F)c2ccccc12. The fourth-order valence-corrected chi connectivity index (χ4v) is 3.56. The number of benzene rings is 2. The lowest BCUT2D eigenvalue weighted by Gasteiger charge is -2.30. The minimum atomic E-state index is -0.246. The second-order valence-corrected chi connectivity index (χ2v) is 6.87. The number of rotatable bonds is 5. The van der Waals surface area contributed by atoms with Gasteiger partial charge in [0.15, 0.2) is 0 Å². The highest BCUT2D eigenvalue weighted by Crippen LogP contribution is 2.26. The molecule has 5 heteroatoms. The average molecular weight is 344 g/mol. The quantitative estimate of drug-likeness (QED) is 0.877. The largest absolute Gasteiger partial charge is 0.396 e. The number of nitrogens with zero attached hydrogens (tertiary/aromatic N) is 1. The molecule has 134 valence electrons. The molecule has 1 aliphatic rings. The van der Waals surface area contributed by atoms with E-state index in [2.05, 4.69) is 10.2 Å². The third-order valence-corrected chi connectivity index (χ3v) is 5.08. The molecule has 3 rings (SSSR count). The van der Waals surface area contributed by atoms with E-state index in [-0.39, 0.29) is 24.4 Å². The monoisotopic (exact) mass is 344 g/mol. The van der Waals surface area contributed by atoms with Crippen LogP contribution in [-0.4, -0.2) is 42.2 Å². The van der Waals surface area contributed by atoms with Crippen molar-refractivity contribution in [3.05, 3.63) is 47.8 Å². The highest BCUT2D eigenvalue weighted by molar-refractivity contribution is 5.87. The Morgan fingerprint density at radius 1 is 1.24 bits per heavy atom. The second kappa shape index (κ2) is 7.93. The maximum Gasteiger partial charge on any atom is 0.234 e. The van der Waals surface area contributed by atoms with Gasteiger partial charge in [-0.3, -0.25) is 9.69 Å². The average Bonchev–Trinajstić information content (AvgIpc) is 2.62. The van der Waals surface area contributed by atoms with Crippen molar-refractivity contribution in [2.24, 2.45) is 5.92 Å². The van der Waals surface area contributed by atoms with E-state index < -0.39 is 0 Å². The smallest absolute Gasteiger partial charge is 0.234 e. The van der Waals surface area contributed by atoms with Crippen LogP contribution in [0, 0.1) is 11.7 Å². The van der Waals surface area contributed by atoms with E-state index in [1.54, 1.807) is 12.1 Å². The van der Waals surface area contributed by atoms with E-state index in [9.17, 15) is 14.3 Å². The van der Waals surface area contributed by atoms with Gasteiger partial charge in [-0.1, -0.05) is 30.3 Å². The molecule has 1 atom stereocenters. The number of hydrogen-bond acceptors (Lipinski definition) is 3. The maximum atomic E-state index is 14.0. The van der Waals surface area contributed by atoms with Gasteiger partial charge in [0.2, 0.25) is 5.91 Å². The summed E-state index contributed by atoms with van der Waals surface area (Å²) in [4.78, 5) is 14.5. The van der Waals surface area contributed by atoms with Crippen LogP contribution in [0.15, 0.2) is 36.4 Å². The van der Waals surface area contributed by atoms with E-state index >= 15 is 0 Å². The van der Waals surface area contributed by atoms with Gasteiger partial charge in [0.1, 0.15) is 5.82 Å². The molecule has 0 bridgehead atoms. The lowest BCUT2D eigenvalue weighted by Crippen LogP contribution is -2.42. The Balaban J connectivity index is 1.63. The summed E-state index contributed by atoms with van der Waals surface area (Å²) in [5.41, 5.74) is 0.921. The molecule has 25 heavy (non-hydrogen) atoms. The molecule has 2 N–H and O–H groups in total. The molecule has 1 fully saturated rings. The molecule has 1 saturated heterocycles. The molecule has 2 aromatic carbocycles. The molecule has 0 aromatic heterocycles. The van der Waals surface area contributed by atoms with Gasteiger partial charge in [-0.25, -0.2) is 4.39 Å². The van der Waals surface area contributed by atoms with Crippen LogP contribution >= 0.6 is 0 Å². The van der Waals surface area contributed by atoms with Gasteiger partial charge in [0.05, 0.1) is 12.6 Å². The van der Waals surface area contributed by atoms with Gasteiger partial charge in [-0.2, -0.15) is 0 Å². The topological polar surface area (TPSA) is 52.6 Å². The van der Waals surface area contributed by atoms with Gasteiger partial charge >= 0.3 is 0 Å². The van der Waals surface area contributed by atoms with Crippen LogP contribution in [0.4, 0.5) is 4.39 Å². The molecule has 0 radical (unpaired) electrons. The number of halogens is 1. The summed E-state index contributed by atoms with van der Waals surface area (Å²) >= 11 is 0. The standard InChI is InChI=1S/C20H25FN2O2/c1-14(16-6-7-19(21)18-5-3-2-4-17(16)18)22-20(25)12-23-10-8-15(13-24)9-11-23/h2-7,14-15,24H,8-13H2,1H3,(H,22,25). The molecule has 1 aliphatic heterocycles. The summed E-state index contributed by atoms with van der Waals surface area (Å²) in [5, 5.41) is 13.6. The fourth-order valence-electron chi connectivity index (χ4n) is 3.56. The number of aliphatic hydroxyl groups is 1. The van der Waals surface area contributed by atoms with Crippen molar-refractivity contribution in [1.82, 2.24) is 10.2 Å². The zero-order valence-electron chi connectivity index (χ0n) is 14.5. The van der Waals surface area contributed by atoms with Crippen LogP contribution < -0.4 is 5.32 Å². The van der Waals surface area contributed by atoms with Gasteiger partial charge < -0.3 is 10.4 Å². The summed E-state index contributed by atoms with van der Waals surface area (Å²) in [5.74, 6) is 0.0943. The predicted octanol–water partition coefficient (Wildman–Crippen LogP) is 2.86. The number of piperidine rings is 1. The van der Waals surface area contributed by atoms with E-state index in [1.807, 2.05) is 25.1 Å². The van der Waals surface area contributed by atoms with Crippen LogP contribution in [0.25, 0.3) is 10.8 Å². The summed E-state index contributed by atoms with van der Waals surface area (Å²) < 4.78 is 14.0. The minimum absolute atomic E-state index is 0.0247. The van der Waals surface area contributed by atoms with Crippen LogP contribution in [0.3, 0.4) is 0 Å². The van der Waals surface area contributed by atoms with E-state index in [0.717, 1.165) is 36.9 Å². The highest BCUT2D eigenvalue weighted by atomic mass is 19.1.